The smallest absolute Gasteiger partial charge is 0.374 e. The SMILES string of the molecule is CC/C=C\C[Si](OCC)(OCC)OCC. The van der Waals surface area contributed by atoms with Crippen LogP contribution in [0.2, 0.25) is 6.04 Å². The Morgan fingerprint density at radius 2 is 1.27 bits per heavy atom. The van der Waals surface area contributed by atoms with Gasteiger partial charge in [-0.2, -0.15) is 0 Å². The van der Waals surface area contributed by atoms with Crippen LogP contribution in [-0.2, 0) is 13.3 Å². The molecule has 0 unspecified atom stereocenters. The predicted molar refractivity (Wildman–Crippen MR) is 64.9 cm³/mol. The molecule has 0 aromatic carbocycles. The lowest BCUT2D eigenvalue weighted by atomic mass is 10.4. The molecule has 0 amide bonds. The highest BCUT2D eigenvalue weighted by molar-refractivity contribution is 6.61. The molecule has 0 saturated heterocycles. The molecule has 3 nitrogen and oxygen atoms in total. The van der Waals surface area contributed by atoms with Gasteiger partial charge < -0.3 is 13.3 Å². The summed E-state index contributed by atoms with van der Waals surface area (Å²) in [5.74, 6) is 0. The molecule has 0 bridgehead atoms. The Morgan fingerprint density at radius 3 is 1.60 bits per heavy atom. The molecule has 15 heavy (non-hydrogen) atoms. The van der Waals surface area contributed by atoms with Gasteiger partial charge in [-0.1, -0.05) is 19.1 Å². The summed E-state index contributed by atoms with van der Waals surface area (Å²) in [5.41, 5.74) is 0. The van der Waals surface area contributed by atoms with Crippen LogP contribution in [0.1, 0.15) is 34.1 Å². The second kappa shape index (κ2) is 9.09. The number of rotatable bonds is 9. The Bertz CT molecular complexity index is 154. The second-order valence-electron chi connectivity index (χ2n) is 3.07. The van der Waals surface area contributed by atoms with E-state index in [4.69, 9.17) is 13.3 Å². The maximum absolute atomic E-state index is 5.70. The van der Waals surface area contributed by atoms with Crippen molar-refractivity contribution in [1.82, 2.24) is 0 Å². The van der Waals surface area contributed by atoms with E-state index in [9.17, 15) is 0 Å². The maximum atomic E-state index is 5.70. The molecule has 0 aromatic heterocycles. The number of hydrogen-bond donors (Lipinski definition) is 0. The molecule has 0 heterocycles. The standard InChI is InChI=1S/C11H24O3Si/c1-5-9-10-11-15(12-6-2,13-7-3)14-8-4/h9-10H,5-8,11H2,1-4H3/b10-9-. The van der Waals surface area contributed by atoms with Gasteiger partial charge in [0.15, 0.2) is 0 Å². The van der Waals surface area contributed by atoms with Gasteiger partial charge in [-0.3, -0.25) is 0 Å². The van der Waals surface area contributed by atoms with Crippen molar-refractivity contribution in [3.8, 4) is 0 Å². The third-order valence-electron chi connectivity index (χ3n) is 1.86. The zero-order chi connectivity index (χ0) is 11.6. The summed E-state index contributed by atoms with van der Waals surface area (Å²) in [6.45, 7) is 9.97. The van der Waals surface area contributed by atoms with Crippen LogP contribution in [0.15, 0.2) is 12.2 Å². The monoisotopic (exact) mass is 232 g/mol. The minimum Gasteiger partial charge on any atom is -0.374 e. The van der Waals surface area contributed by atoms with Crippen LogP contribution in [0.25, 0.3) is 0 Å². The number of hydrogen-bond acceptors (Lipinski definition) is 3. The van der Waals surface area contributed by atoms with Crippen LogP contribution >= 0.6 is 0 Å². The Hall–Kier alpha value is -0.163. The Kier molecular flexibility index (Phi) is 8.99. The molecule has 0 aliphatic carbocycles. The third-order valence-corrected chi connectivity index (χ3v) is 4.78. The van der Waals surface area contributed by atoms with Gasteiger partial charge in [0.25, 0.3) is 0 Å². The van der Waals surface area contributed by atoms with Gasteiger partial charge in [-0.15, -0.1) is 0 Å². The Morgan fingerprint density at radius 1 is 0.800 bits per heavy atom. The van der Waals surface area contributed by atoms with E-state index in [0.717, 1.165) is 12.5 Å². The molecule has 0 saturated carbocycles. The van der Waals surface area contributed by atoms with Crippen LogP contribution in [0.4, 0.5) is 0 Å². The molecule has 0 atom stereocenters. The first kappa shape index (κ1) is 14.8. The molecule has 0 fully saturated rings. The fourth-order valence-corrected chi connectivity index (χ4v) is 3.73. The van der Waals surface area contributed by atoms with Crippen LogP contribution in [0.5, 0.6) is 0 Å². The van der Waals surface area contributed by atoms with E-state index in [1.807, 2.05) is 20.8 Å². The third kappa shape index (κ3) is 6.09. The van der Waals surface area contributed by atoms with E-state index in [2.05, 4.69) is 19.1 Å². The van der Waals surface area contributed by atoms with E-state index < -0.39 is 8.80 Å². The highest BCUT2D eigenvalue weighted by Gasteiger charge is 2.38. The largest absolute Gasteiger partial charge is 0.504 e. The Balaban J connectivity index is 4.37. The normalized spacial score (nSPS) is 12.5. The lowest BCUT2D eigenvalue weighted by molar-refractivity contribution is 0.0742. The van der Waals surface area contributed by atoms with E-state index >= 15 is 0 Å². The quantitative estimate of drug-likeness (QED) is 0.452. The fourth-order valence-electron chi connectivity index (χ4n) is 1.36. The van der Waals surface area contributed by atoms with Crippen molar-refractivity contribution < 1.29 is 13.3 Å². The first-order valence-corrected chi connectivity index (χ1v) is 7.74. The molecule has 0 aliphatic rings. The van der Waals surface area contributed by atoms with Crippen LogP contribution in [0.3, 0.4) is 0 Å². The topological polar surface area (TPSA) is 27.7 Å². The van der Waals surface area contributed by atoms with E-state index in [0.29, 0.717) is 19.8 Å². The summed E-state index contributed by atoms with van der Waals surface area (Å²) in [4.78, 5) is 0. The van der Waals surface area contributed by atoms with Crippen LogP contribution in [-0.4, -0.2) is 28.6 Å². The number of allylic oxidation sites excluding steroid dienone is 2. The van der Waals surface area contributed by atoms with Gasteiger partial charge in [-0.05, 0) is 27.2 Å². The second-order valence-corrected chi connectivity index (χ2v) is 5.71. The molecule has 0 aliphatic heterocycles. The maximum Gasteiger partial charge on any atom is 0.504 e. The minimum absolute atomic E-state index is 0.645. The molecule has 0 spiro atoms. The first-order chi connectivity index (χ1) is 7.24. The van der Waals surface area contributed by atoms with E-state index in [1.165, 1.54) is 0 Å². The van der Waals surface area contributed by atoms with E-state index in [-0.39, 0.29) is 0 Å². The first-order valence-electron chi connectivity index (χ1n) is 5.81. The van der Waals surface area contributed by atoms with E-state index in [1.54, 1.807) is 0 Å². The zero-order valence-corrected chi connectivity index (χ0v) is 11.4. The zero-order valence-electron chi connectivity index (χ0n) is 10.4. The van der Waals surface area contributed by atoms with Gasteiger partial charge >= 0.3 is 8.80 Å². The summed E-state index contributed by atoms with van der Waals surface area (Å²) in [6.07, 6.45) is 5.26. The predicted octanol–water partition coefficient (Wildman–Crippen LogP) is 3.00. The van der Waals surface area contributed by atoms with Gasteiger partial charge in [0, 0.05) is 25.9 Å². The van der Waals surface area contributed by atoms with Crippen LogP contribution < -0.4 is 0 Å². The van der Waals surface area contributed by atoms with Crippen molar-refractivity contribution in [1.29, 1.82) is 0 Å². The molecule has 0 aromatic rings. The Labute approximate surface area is 94.8 Å². The lowest BCUT2D eigenvalue weighted by Gasteiger charge is -2.27. The average molecular weight is 232 g/mol. The lowest BCUT2D eigenvalue weighted by Crippen LogP contribution is -2.45. The molecular weight excluding hydrogens is 208 g/mol. The van der Waals surface area contributed by atoms with Crippen molar-refractivity contribution in [3.63, 3.8) is 0 Å². The van der Waals surface area contributed by atoms with Crippen molar-refractivity contribution in [2.45, 2.75) is 40.2 Å². The highest BCUT2D eigenvalue weighted by Crippen LogP contribution is 2.16. The van der Waals surface area contributed by atoms with Gasteiger partial charge in [0.2, 0.25) is 0 Å². The summed E-state index contributed by atoms with van der Waals surface area (Å²) in [5, 5.41) is 0. The summed E-state index contributed by atoms with van der Waals surface area (Å²) in [6, 6.07) is 0.774. The fraction of sp³-hybridized carbons (Fsp3) is 0.818. The highest BCUT2D eigenvalue weighted by atomic mass is 28.4. The summed E-state index contributed by atoms with van der Waals surface area (Å²) >= 11 is 0. The molecule has 0 N–H and O–H groups in total. The van der Waals surface area contributed by atoms with Crippen molar-refractivity contribution in [2.75, 3.05) is 19.8 Å². The van der Waals surface area contributed by atoms with Crippen LogP contribution in [0, 0.1) is 0 Å². The summed E-state index contributed by atoms with van der Waals surface area (Å²) < 4.78 is 17.1. The average Bonchev–Trinajstić information content (AvgIpc) is 2.19. The van der Waals surface area contributed by atoms with Gasteiger partial charge in [-0.25, -0.2) is 0 Å². The summed E-state index contributed by atoms with van der Waals surface area (Å²) in [7, 11) is -2.42. The van der Waals surface area contributed by atoms with Crippen molar-refractivity contribution >= 4 is 8.80 Å². The molecular formula is C11H24O3Si. The minimum atomic E-state index is -2.42. The van der Waals surface area contributed by atoms with Crippen molar-refractivity contribution in [3.05, 3.63) is 12.2 Å². The molecule has 0 radical (unpaired) electrons. The molecule has 4 heteroatoms. The van der Waals surface area contributed by atoms with Crippen molar-refractivity contribution in [2.24, 2.45) is 0 Å². The van der Waals surface area contributed by atoms with Gasteiger partial charge in [0.05, 0.1) is 0 Å². The molecule has 90 valence electrons. The molecule has 0 rings (SSSR count). The van der Waals surface area contributed by atoms with Gasteiger partial charge in [0.1, 0.15) is 0 Å².